The predicted molar refractivity (Wildman–Crippen MR) is 52.4 cm³/mol. The van der Waals surface area contributed by atoms with Crippen LogP contribution in [-0.4, -0.2) is 7.11 Å². The largest absolute Gasteiger partial charge is 0.497 e. The van der Waals surface area contributed by atoms with Gasteiger partial charge in [0.2, 0.25) is 0 Å². The summed E-state index contributed by atoms with van der Waals surface area (Å²) < 4.78 is 10.1. The van der Waals surface area contributed by atoms with Crippen LogP contribution in [0.3, 0.4) is 0 Å². The van der Waals surface area contributed by atoms with Gasteiger partial charge in [-0.2, -0.15) is 0 Å². The molecule has 0 aromatic heterocycles. The van der Waals surface area contributed by atoms with Gasteiger partial charge in [-0.25, -0.2) is 0 Å². The molecule has 0 amide bonds. The van der Waals surface area contributed by atoms with Crippen molar-refractivity contribution in [2.24, 2.45) is 0 Å². The summed E-state index contributed by atoms with van der Waals surface area (Å²) in [6, 6.07) is 5.70. The first-order valence-electron chi connectivity index (χ1n) is 3.21. The van der Waals surface area contributed by atoms with Crippen LogP contribution >= 0.6 is 23.0 Å². The summed E-state index contributed by atoms with van der Waals surface area (Å²) in [6.07, 6.45) is 0. The molecule has 1 aromatic carbocycles. The molecule has 0 saturated carbocycles. The molecule has 3 heteroatoms. The fourth-order valence-electron chi connectivity index (χ4n) is 0.835. The lowest BCUT2D eigenvalue weighted by atomic mass is 10.2. The highest BCUT2D eigenvalue weighted by Crippen LogP contribution is 2.24. The summed E-state index contributed by atoms with van der Waals surface area (Å²) in [4.78, 5) is 0. The van der Waals surface area contributed by atoms with Crippen molar-refractivity contribution in [1.82, 2.24) is 0 Å². The lowest BCUT2D eigenvalue weighted by Crippen LogP contribution is -1.85. The van der Waals surface area contributed by atoms with E-state index in [9.17, 15) is 0 Å². The highest BCUT2D eigenvalue weighted by Gasteiger charge is 1.98. The minimum Gasteiger partial charge on any atom is -0.497 e. The summed E-state index contributed by atoms with van der Waals surface area (Å²) in [5, 5.41) is 0. The summed E-state index contributed by atoms with van der Waals surface area (Å²) in [5.74, 6) is 1.74. The first-order chi connectivity index (χ1) is 5.27. The van der Waals surface area contributed by atoms with Gasteiger partial charge in [0.25, 0.3) is 0 Å². The number of aryl methyl sites for hydroxylation is 1. The van der Waals surface area contributed by atoms with E-state index in [1.807, 2.05) is 48.1 Å². The minimum atomic E-state index is 0.861. The highest BCUT2D eigenvalue weighted by molar-refractivity contribution is 14.1. The van der Waals surface area contributed by atoms with Crippen LogP contribution in [0.2, 0.25) is 0 Å². The number of benzene rings is 1. The van der Waals surface area contributed by atoms with Crippen molar-refractivity contribution in [1.29, 1.82) is 0 Å². The summed E-state index contributed by atoms with van der Waals surface area (Å²) in [6.45, 7) is 1.98. The molecule has 0 radical (unpaired) electrons. The van der Waals surface area contributed by atoms with Crippen LogP contribution in [0.15, 0.2) is 18.2 Å². The van der Waals surface area contributed by atoms with E-state index in [4.69, 9.17) is 7.80 Å². The van der Waals surface area contributed by atoms with Crippen LogP contribution in [0.4, 0.5) is 0 Å². The molecule has 2 nitrogen and oxygen atoms in total. The van der Waals surface area contributed by atoms with Crippen molar-refractivity contribution in [2.75, 3.05) is 7.11 Å². The van der Waals surface area contributed by atoms with Gasteiger partial charge in [0.05, 0.1) is 7.11 Å². The Morgan fingerprint density at radius 1 is 1.36 bits per heavy atom. The molecule has 1 aromatic rings. The van der Waals surface area contributed by atoms with Gasteiger partial charge in [-0.15, -0.1) is 0 Å². The van der Waals surface area contributed by atoms with Crippen molar-refractivity contribution < 1.29 is 7.80 Å². The zero-order valence-corrected chi connectivity index (χ0v) is 8.58. The van der Waals surface area contributed by atoms with Crippen molar-refractivity contribution in [3.8, 4) is 11.5 Å². The van der Waals surface area contributed by atoms with Gasteiger partial charge in [0, 0.05) is 0 Å². The molecule has 1 rings (SSSR count). The van der Waals surface area contributed by atoms with Gasteiger partial charge in [0.1, 0.15) is 11.5 Å². The average Bonchev–Trinajstić information content (AvgIpc) is 2.04. The number of hydrogen-bond acceptors (Lipinski definition) is 2. The van der Waals surface area contributed by atoms with Crippen LogP contribution in [0.1, 0.15) is 5.56 Å². The Balaban J connectivity index is 2.99. The van der Waals surface area contributed by atoms with Gasteiger partial charge in [-0.05, 0) is 30.7 Å². The summed E-state index contributed by atoms with van der Waals surface area (Å²) in [7, 11) is 1.65. The Morgan fingerprint density at radius 3 is 2.55 bits per heavy atom. The molecule has 0 atom stereocenters. The molecule has 0 heterocycles. The molecule has 0 N–H and O–H groups in total. The second-order valence-corrected chi connectivity index (χ2v) is 2.65. The molecule has 0 bridgehead atoms. The number of hydrogen-bond donors (Lipinski definition) is 0. The molecule has 0 fully saturated rings. The van der Waals surface area contributed by atoms with E-state index in [0.717, 1.165) is 17.1 Å². The maximum Gasteiger partial charge on any atom is 0.192 e. The van der Waals surface area contributed by atoms with Crippen LogP contribution in [0.5, 0.6) is 11.5 Å². The number of halogens is 1. The van der Waals surface area contributed by atoms with Gasteiger partial charge >= 0.3 is 0 Å². The number of rotatable bonds is 2. The molecule has 0 unspecified atom stereocenters. The van der Waals surface area contributed by atoms with E-state index in [0.29, 0.717) is 0 Å². The minimum absolute atomic E-state index is 0.861. The van der Waals surface area contributed by atoms with Crippen LogP contribution in [0.25, 0.3) is 0 Å². The van der Waals surface area contributed by atoms with E-state index in [1.54, 1.807) is 7.11 Å². The quantitative estimate of drug-likeness (QED) is 0.764. The maximum absolute atomic E-state index is 5.06. The van der Waals surface area contributed by atoms with Gasteiger partial charge in [0.15, 0.2) is 23.0 Å². The third-order valence-corrected chi connectivity index (χ3v) is 1.94. The Hall–Kier alpha value is -0.450. The van der Waals surface area contributed by atoms with E-state index in [-0.39, 0.29) is 0 Å². The second kappa shape index (κ2) is 3.80. The fourth-order valence-corrected chi connectivity index (χ4v) is 1.33. The van der Waals surface area contributed by atoms with Crippen molar-refractivity contribution in [3.63, 3.8) is 0 Å². The molecule has 0 aliphatic rings. The second-order valence-electron chi connectivity index (χ2n) is 2.21. The topological polar surface area (TPSA) is 18.5 Å². The molecular weight excluding hydrogens is 255 g/mol. The van der Waals surface area contributed by atoms with Crippen LogP contribution in [-0.2, 0) is 0 Å². The van der Waals surface area contributed by atoms with E-state index >= 15 is 0 Å². The third-order valence-electron chi connectivity index (χ3n) is 1.47. The summed E-state index contributed by atoms with van der Waals surface area (Å²) in [5.41, 5.74) is 1.08. The van der Waals surface area contributed by atoms with Gasteiger partial charge in [-0.1, -0.05) is 0 Å². The monoisotopic (exact) mass is 264 g/mol. The molecule has 0 saturated heterocycles. The Kier molecular flexibility index (Phi) is 2.99. The first-order valence-corrected chi connectivity index (χ1v) is 4.09. The lowest BCUT2D eigenvalue weighted by Gasteiger charge is -2.04. The molecule has 0 spiro atoms. The van der Waals surface area contributed by atoms with Crippen molar-refractivity contribution in [3.05, 3.63) is 23.8 Å². The zero-order valence-electron chi connectivity index (χ0n) is 6.43. The molecule has 0 aliphatic carbocycles. The number of ether oxygens (including phenoxy) is 1. The zero-order chi connectivity index (χ0) is 8.27. The maximum atomic E-state index is 5.06. The lowest BCUT2D eigenvalue weighted by molar-refractivity contribution is 0.414. The normalized spacial score (nSPS) is 9.36. The van der Waals surface area contributed by atoms with Gasteiger partial charge < -0.3 is 7.80 Å². The van der Waals surface area contributed by atoms with E-state index in [1.165, 1.54) is 0 Å². The molecule has 60 valence electrons. The average molecular weight is 264 g/mol. The van der Waals surface area contributed by atoms with E-state index < -0.39 is 0 Å². The SMILES string of the molecule is COc1ccc(OI)c(C)c1. The van der Waals surface area contributed by atoms with Crippen LogP contribution < -0.4 is 7.80 Å². The van der Waals surface area contributed by atoms with Gasteiger partial charge in [-0.3, -0.25) is 0 Å². The van der Waals surface area contributed by atoms with Crippen molar-refractivity contribution in [2.45, 2.75) is 6.92 Å². The summed E-state index contributed by atoms with van der Waals surface area (Å²) >= 11 is 1.86. The van der Waals surface area contributed by atoms with E-state index in [2.05, 4.69) is 0 Å². The predicted octanol–water partition coefficient (Wildman–Crippen LogP) is 2.73. The molecule has 0 aliphatic heterocycles. The highest BCUT2D eigenvalue weighted by atomic mass is 127. The molecule has 11 heavy (non-hydrogen) atoms. The molecular formula is C8H9IO2. The number of methoxy groups -OCH3 is 1. The van der Waals surface area contributed by atoms with Crippen molar-refractivity contribution >= 4 is 23.0 Å². The third kappa shape index (κ3) is 1.99. The first kappa shape index (κ1) is 8.64. The Bertz CT molecular complexity index is 248. The van der Waals surface area contributed by atoms with Crippen LogP contribution in [0, 0.1) is 6.92 Å². The Morgan fingerprint density at radius 2 is 2.09 bits per heavy atom. The Labute approximate surface area is 80.2 Å². The smallest absolute Gasteiger partial charge is 0.192 e. The standard InChI is InChI=1S/C8H9IO2/c1-6-5-7(10-2)3-4-8(6)11-9/h3-5H,1-2H3. The fraction of sp³-hybridized carbons (Fsp3) is 0.250.